The van der Waals surface area contributed by atoms with Crippen molar-refractivity contribution in [3.63, 3.8) is 0 Å². The molecule has 88 valence electrons. The number of ketones is 1. The first-order chi connectivity index (χ1) is 7.20. The lowest BCUT2D eigenvalue weighted by atomic mass is 10.1. The summed E-state index contributed by atoms with van der Waals surface area (Å²) in [4.78, 5) is 22.2. The van der Waals surface area contributed by atoms with Crippen LogP contribution in [0.15, 0.2) is 0 Å². The molecule has 0 N–H and O–H groups in total. The fourth-order valence-electron chi connectivity index (χ4n) is 1.32. The number of carbonyl (C=O) groups excluding carboxylic acids is 2. The molecule has 0 spiro atoms. The maximum Gasteiger partial charge on any atom is 0.305 e. The van der Waals surface area contributed by atoms with Gasteiger partial charge in [-0.15, -0.1) is 0 Å². The minimum absolute atomic E-state index is 0.154. The van der Waals surface area contributed by atoms with Gasteiger partial charge in [0, 0.05) is 19.3 Å². The molecule has 0 atom stereocenters. The molecule has 0 saturated heterocycles. The van der Waals surface area contributed by atoms with Crippen molar-refractivity contribution in [2.45, 2.75) is 58.8 Å². The highest BCUT2D eigenvalue weighted by molar-refractivity contribution is 5.78. The van der Waals surface area contributed by atoms with Crippen molar-refractivity contribution in [1.29, 1.82) is 0 Å². The van der Waals surface area contributed by atoms with E-state index >= 15 is 0 Å². The molecule has 0 aromatic heterocycles. The van der Waals surface area contributed by atoms with E-state index in [1.165, 1.54) is 0 Å². The Balaban J connectivity index is 3.30. The zero-order chi connectivity index (χ0) is 11.5. The lowest BCUT2D eigenvalue weighted by Crippen LogP contribution is -2.04. The third-order valence-corrected chi connectivity index (χ3v) is 2.20. The zero-order valence-corrected chi connectivity index (χ0v) is 9.88. The van der Waals surface area contributed by atoms with Gasteiger partial charge in [0.15, 0.2) is 0 Å². The van der Waals surface area contributed by atoms with Crippen molar-refractivity contribution >= 4 is 11.8 Å². The Hall–Kier alpha value is -0.860. The van der Waals surface area contributed by atoms with Crippen LogP contribution in [-0.2, 0) is 14.3 Å². The van der Waals surface area contributed by atoms with Crippen molar-refractivity contribution in [3.8, 4) is 0 Å². The van der Waals surface area contributed by atoms with Gasteiger partial charge in [0.25, 0.3) is 0 Å². The van der Waals surface area contributed by atoms with Crippen molar-refractivity contribution < 1.29 is 14.3 Å². The van der Waals surface area contributed by atoms with Crippen LogP contribution in [0.25, 0.3) is 0 Å². The van der Waals surface area contributed by atoms with Gasteiger partial charge < -0.3 is 4.74 Å². The first kappa shape index (κ1) is 14.1. The summed E-state index contributed by atoms with van der Waals surface area (Å²) in [5.41, 5.74) is 0. The summed E-state index contributed by atoms with van der Waals surface area (Å²) >= 11 is 0. The van der Waals surface area contributed by atoms with E-state index in [2.05, 4.69) is 6.92 Å². The summed E-state index contributed by atoms with van der Waals surface area (Å²) in [5.74, 6) is 0.166. The molecule has 0 rings (SSSR count). The van der Waals surface area contributed by atoms with Gasteiger partial charge in [-0.1, -0.05) is 13.3 Å². The van der Waals surface area contributed by atoms with Gasteiger partial charge in [0.05, 0.1) is 6.61 Å². The molecule has 0 amide bonds. The lowest BCUT2D eigenvalue weighted by molar-refractivity contribution is -0.143. The molecule has 3 nitrogen and oxygen atoms in total. The fraction of sp³-hybridized carbons (Fsp3) is 0.833. The number of rotatable bonds is 9. The van der Waals surface area contributed by atoms with Crippen molar-refractivity contribution in [2.24, 2.45) is 0 Å². The Morgan fingerprint density at radius 3 is 2.13 bits per heavy atom. The van der Waals surface area contributed by atoms with E-state index in [9.17, 15) is 9.59 Å². The number of esters is 1. The Morgan fingerprint density at radius 1 is 0.933 bits per heavy atom. The van der Waals surface area contributed by atoms with Gasteiger partial charge in [-0.25, -0.2) is 0 Å². The molecule has 0 aliphatic rings. The molecule has 0 unspecified atom stereocenters. The van der Waals surface area contributed by atoms with Crippen LogP contribution in [0, 0.1) is 0 Å². The van der Waals surface area contributed by atoms with Crippen molar-refractivity contribution in [3.05, 3.63) is 0 Å². The largest absolute Gasteiger partial charge is 0.466 e. The third kappa shape index (κ3) is 9.44. The molecule has 0 heterocycles. The van der Waals surface area contributed by atoms with Gasteiger partial charge in [-0.05, 0) is 26.2 Å². The van der Waals surface area contributed by atoms with E-state index in [1.807, 2.05) is 0 Å². The number of hydrogen-bond acceptors (Lipinski definition) is 3. The summed E-state index contributed by atoms with van der Waals surface area (Å²) < 4.78 is 4.79. The second-order valence-corrected chi connectivity index (χ2v) is 3.65. The lowest BCUT2D eigenvalue weighted by Gasteiger charge is -2.01. The number of unbranched alkanes of at least 4 members (excludes halogenated alkanes) is 2. The summed E-state index contributed by atoms with van der Waals surface area (Å²) in [5, 5.41) is 0. The number of hydrogen-bond donors (Lipinski definition) is 0. The van der Waals surface area contributed by atoms with Crippen LogP contribution in [0.4, 0.5) is 0 Å². The molecule has 0 radical (unpaired) electrons. The van der Waals surface area contributed by atoms with Crippen LogP contribution in [-0.4, -0.2) is 18.4 Å². The second-order valence-electron chi connectivity index (χ2n) is 3.65. The highest BCUT2D eigenvalue weighted by Crippen LogP contribution is 2.05. The van der Waals surface area contributed by atoms with Crippen LogP contribution in [0.5, 0.6) is 0 Å². The number of Topliss-reactive ketones (excluding diaryl/α,β-unsaturated/α-hetero) is 1. The van der Waals surface area contributed by atoms with E-state index in [0.29, 0.717) is 31.7 Å². The summed E-state index contributed by atoms with van der Waals surface area (Å²) in [6.45, 7) is 4.31. The van der Waals surface area contributed by atoms with E-state index in [4.69, 9.17) is 4.74 Å². The minimum Gasteiger partial charge on any atom is -0.466 e. The topological polar surface area (TPSA) is 43.4 Å². The summed E-state index contributed by atoms with van der Waals surface area (Å²) in [7, 11) is 0. The molecule has 0 bridgehead atoms. The Bertz CT molecular complexity index is 187. The van der Waals surface area contributed by atoms with Gasteiger partial charge in [0.2, 0.25) is 0 Å². The van der Waals surface area contributed by atoms with Gasteiger partial charge in [-0.3, -0.25) is 9.59 Å². The minimum atomic E-state index is -0.154. The van der Waals surface area contributed by atoms with Crippen LogP contribution in [0.2, 0.25) is 0 Å². The quantitative estimate of drug-likeness (QED) is 0.438. The summed E-state index contributed by atoms with van der Waals surface area (Å²) in [6, 6.07) is 0. The van der Waals surface area contributed by atoms with E-state index < -0.39 is 0 Å². The Labute approximate surface area is 92.2 Å². The zero-order valence-electron chi connectivity index (χ0n) is 9.88. The van der Waals surface area contributed by atoms with E-state index in [-0.39, 0.29) is 5.97 Å². The van der Waals surface area contributed by atoms with E-state index in [0.717, 1.165) is 25.7 Å². The number of ether oxygens (including phenoxy) is 1. The highest BCUT2D eigenvalue weighted by atomic mass is 16.5. The van der Waals surface area contributed by atoms with Crippen LogP contribution in [0.1, 0.15) is 58.8 Å². The average molecular weight is 214 g/mol. The maximum absolute atomic E-state index is 11.3. The average Bonchev–Trinajstić information content (AvgIpc) is 2.22. The molecule has 0 aliphatic carbocycles. The van der Waals surface area contributed by atoms with E-state index in [1.54, 1.807) is 6.92 Å². The molecule has 0 aromatic carbocycles. The van der Waals surface area contributed by atoms with Gasteiger partial charge >= 0.3 is 5.97 Å². The van der Waals surface area contributed by atoms with Crippen molar-refractivity contribution in [2.75, 3.05) is 6.61 Å². The van der Waals surface area contributed by atoms with Crippen molar-refractivity contribution in [1.82, 2.24) is 0 Å². The van der Waals surface area contributed by atoms with Gasteiger partial charge in [0.1, 0.15) is 5.78 Å². The standard InChI is InChI=1S/C12H22O3/c1-3-5-8-11(13)9-6-7-10-12(14)15-4-2/h3-10H2,1-2H3. The maximum atomic E-state index is 11.3. The monoisotopic (exact) mass is 214 g/mol. The molecule has 15 heavy (non-hydrogen) atoms. The first-order valence-corrected chi connectivity index (χ1v) is 5.88. The highest BCUT2D eigenvalue weighted by Gasteiger charge is 2.04. The van der Waals surface area contributed by atoms with Gasteiger partial charge in [-0.2, -0.15) is 0 Å². The molecule has 0 aromatic rings. The Kier molecular flexibility index (Phi) is 9.13. The SMILES string of the molecule is CCCCC(=O)CCCCC(=O)OCC. The fourth-order valence-corrected chi connectivity index (χ4v) is 1.32. The predicted octanol–water partition coefficient (Wildman–Crippen LogP) is 2.87. The molecular weight excluding hydrogens is 192 g/mol. The number of carbonyl (C=O) groups is 2. The summed E-state index contributed by atoms with van der Waals surface area (Å²) in [6.07, 6.45) is 5.35. The predicted molar refractivity (Wildman–Crippen MR) is 59.6 cm³/mol. The smallest absolute Gasteiger partial charge is 0.305 e. The Morgan fingerprint density at radius 2 is 1.53 bits per heavy atom. The second kappa shape index (κ2) is 9.69. The van der Waals surface area contributed by atoms with Crippen LogP contribution in [0.3, 0.4) is 0 Å². The van der Waals surface area contributed by atoms with Crippen LogP contribution >= 0.6 is 0 Å². The first-order valence-electron chi connectivity index (χ1n) is 5.88. The molecular formula is C12H22O3. The molecule has 0 saturated carbocycles. The molecule has 3 heteroatoms. The third-order valence-electron chi connectivity index (χ3n) is 2.20. The molecule has 0 aliphatic heterocycles. The normalized spacial score (nSPS) is 10.0. The van der Waals surface area contributed by atoms with Crippen LogP contribution < -0.4 is 0 Å². The molecule has 0 fully saturated rings.